The van der Waals surface area contributed by atoms with Crippen LogP contribution in [0.15, 0.2) is 69.9 Å². The normalized spacial score (nSPS) is 11.1. The summed E-state index contributed by atoms with van der Waals surface area (Å²) in [5.74, 6) is 0.561. The predicted molar refractivity (Wildman–Crippen MR) is 94.4 cm³/mol. The van der Waals surface area contributed by atoms with E-state index in [2.05, 4.69) is 24.4 Å². The fraction of sp³-hybridized carbons (Fsp3) is 0.150. The third-order valence-electron chi connectivity index (χ3n) is 4.35. The van der Waals surface area contributed by atoms with Gasteiger partial charge in [0.2, 0.25) is 0 Å². The van der Waals surface area contributed by atoms with Crippen molar-refractivity contribution in [1.82, 2.24) is 9.88 Å². The van der Waals surface area contributed by atoms with Crippen molar-refractivity contribution in [3.8, 4) is 0 Å². The van der Waals surface area contributed by atoms with E-state index >= 15 is 0 Å². The molecule has 3 aromatic heterocycles. The van der Waals surface area contributed by atoms with Crippen molar-refractivity contribution in [3.05, 3.63) is 83.6 Å². The first kappa shape index (κ1) is 15.3. The van der Waals surface area contributed by atoms with Crippen LogP contribution < -0.4 is 5.32 Å². The Kier molecular flexibility index (Phi) is 3.90. The van der Waals surface area contributed by atoms with Crippen molar-refractivity contribution in [3.63, 3.8) is 0 Å². The number of hydrogen-bond donors (Lipinski definition) is 1. The zero-order valence-electron chi connectivity index (χ0n) is 13.9. The molecule has 3 heterocycles. The summed E-state index contributed by atoms with van der Waals surface area (Å²) in [5, 5.41) is 2.90. The van der Waals surface area contributed by atoms with Crippen molar-refractivity contribution in [2.24, 2.45) is 0 Å². The predicted octanol–water partition coefficient (Wildman–Crippen LogP) is 4.11. The average molecular weight is 334 g/mol. The maximum atomic E-state index is 12.7. The molecule has 0 fully saturated rings. The van der Waals surface area contributed by atoms with E-state index in [1.807, 2.05) is 28.8 Å². The number of furan rings is 2. The van der Waals surface area contributed by atoms with Crippen LogP contribution in [0.3, 0.4) is 0 Å². The zero-order valence-corrected chi connectivity index (χ0v) is 13.9. The molecule has 4 rings (SSSR count). The number of aryl methyl sites for hydroxylation is 1. The van der Waals surface area contributed by atoms with Gasteiger partial charge in [0.1, 0.15) is 11.5 Å². The number of nitrogens with zero attached hydrogens (tertiary/aromatic N) is 1. The molecular weight excluding hydrogens is 316 g/mol. The van der Waals surface area contributed by atoms with Gasteiger partial charge in [-0.25, -0.2) is 0 Å². The van der Waals surface area contributed by atoms with Crippen LogP contribution in [0.5, 0.6) is 0 Å². The van der Waals surface area contributed by atoms with Crippen LogP contribution in [0.1, 0.15) is 27.4 Å². The molecule has 0 saturated heterocycles. The maximum Gasteiger partial charge on any atom is 0.268 e. The summed E-state index contributed by atoms with van der Waals surface area (Å²) in [7, 11) is 0. The number of carbonyl (C=O) groups is 1. The van der Waals surface area contributed by atoms with Crippen molar-refractivity contribution in [2.75, 3.05) is 0 Å². The molecule has 0 unspecified atom stereocenters. The largest absolute Gasteiger partial charge is 0.467 e. The number of benzene rings is 1. The smallest absolute Gasteiger partial charge is 0.268 e. The lowest BCUT2D eigenvalue weighted by Crippen LogP contribution is -2.25. The highest BCUT2D eigenvalue weighted by atomic mass is 16.3. The highest BCUT2D eigenvalue weighted by molar-refractivity contribution is 5.97. The summed E-state index contributed by atoms with van der Waals surface area (Å²) in [6.45, 7) is 3.03. The van der Waals surface area contributed by atoms with Crippen molar-refractivity contribution >= 4 is 17.0 Å². The van der Waals surface area contributed by atoms with Crippen LogP contribution >= 0.6 is 0 Å². The summed E-state index contributed by atoms with van der Waals surface area (Å²) in [4.78, 5) is 12.7. The number of hydrogen-bond acceptors (Lipinski definition) is 3. The van der Waals surface area contributed by atoms with Crippen molar-refractivity contribution in [1.29, 1.82) is 0 Å². The maximum absolute atomic E-state index is 12.7. The fourth-order valence-electron chi connectivity index (χ4n) is 2.96. The standard InChI is InChI=1S/C20H18N2O3/c1-14-5-2-3-6-15(14)13-22-17-8-10-25-19(17)11-18(22)20(23)21-12-16-7-4-9-24-16/h2-11H,12-13H2,1H3,(H,21,23). The first-order valence-corrected chi connectivity index (χ1v) is 8.14. The van der Waals surface area contributed by atoms with Gasteiger partial charge >= 0.3 is 0 Å². The van der Waals surface area contributed by atoms with Gasteiger partial charge in [-0.2, -0.15) is 0 Å². The SMILES string of the molecule is Cc1ccccc1Cn1c(C(=O)NCc2ccco2)cc2occc21. The third-order valence-corrected chi connectivity index (χ3v) is 4.35. The first-order valence-electron chi connectivity index (χ1n) is 8.14. The molecule has 0 aliphatic heterocycles. The molecule has 0 spiro atoms. The Bertz CT molecular complexity index is 1010. The lowest BCUT2D eigenvalue weighted by molar-refractivity contribution is 0.0939. The third kappa shape index (κ3) is 2.96. The van der Waals surface area contributed by atoms with Gasteiger partial charge in [-0.05, 0) is 30.2 Å². The number of carbonyl (C=O) groups excluding carboxylic acids is 1. The van der Waals surface area contributed by atoms with E-state index in [4.69, 9.17) is 8.83 Å². The molecule has 1 aromatic carbocycles. The molecule has 0 saturated carbocycles. The molecule has 126 valence electrons. The van der Waals surface area contributed by atoms with Gasteiger partial charge in [0.15, 0.2) is 5.58 Å². The number of fused-ring (bicyclic) bond motifs is 1. The minimum Gasteiger partial charge on any atom is -0.467 e. The summed E-state index contributed by atoms with van der Waals surface area (Å²) < 4.78 is 12.7. The number of amides is 1. The second-order valence-electron chi connectivity index (χ2n) is 5.97. The van der Waals surface area contributed by atoms with Crippen LogP contribution in [-0.4, -0.2) is 10.5 Å². The molecular formula is C20H18N2O3. The van der Waals surface area contributed by atoms with Gasteiger partial charge in [0, 0.05) is 18.7 Å². The second-order valence-corrected chi connectivity index (χ2v) is 5.97. The Morgan fingerprint density at radius 1 is 1.08 bits per heavy atom. The quantitative estimate of drug-likeness (QED) is 0.597. The van der Waals surface area contributed by atoms with Crippen molar-refractivity contribution < 1.29 is 13.6 Å². The molecule has 0 aliphatic rings. The second kappa shape index (κ2) is 6.36. The molecule has 5 heteroatoms. The Hall–Kier alpha value is -3.21. The van der Waals surface area contributed by atoms with E-state index in [9.17, 15) is 4.79 Å². The molecule has 0 bridgehead atoms. The lowest BCUT2D eigenvalue weighted by atomic mass is 10.1. The van der Waals surface area contributed by atoms with Gasteiger partial charge in [-0.15, -0.1) is 0 Å². The summed E-state index contributed by atoms with van der Waals surface area (Å²) in [6, 6.07) is 15.5. The van der Waals surface area contributed by atoms with Gasteiger partial charge in [0.25, 0.3) is 5.91 Å². The van der Waals surface area contributed by atoms with Crippen LogP contribution in [0.25, 0.3) is 11.1 Å². The minimum atomic E-state index is -0.156. The molecule has 25 heavy (non-hydrogen) atoms. The number of nitrogens with one attached hydrogen (secondary N) is 1. The molecule has 0 radical (unpaired) electrons. The van der Waals surface area contributed by atoms with Crippen LogP contribution in [-0.2, 0) is 13.1 Å². The van der Waals surface area contributed by atoms with Crippen LogP contribution in [0.2, 0.25) is 0 Å². The van der Waals surface area contributed by atoms with E-state index in [1.165, 1.54) is 11.1 Å². The van der Waals surface area contributed by atoms with Crippen LogP contribution in [0, 0.1) is 6.92 Å². The molecule has 1 amide bonds. The lowest BCUT2D eigenvalue weighted by Gasteiger charge is -2.12. The molecule has 5 nitrogen and oxygen atoms in total. The monoisotopic (exact) mass is 334 g/mol. The molecule has 0 atom stereocenters. The van der Waals surface area contributed by atoms with E-state index in [0.29, 0.717) is 30.1 Å². The molecule has 1 N–H and O–H groups in total. The average Bonchev–Trinajstić information content (AvgIpc) is 3.33. The summed E-state index contributed by atoms with van der Waals surface area (Å²) in [6.07, 6.45) is 3.24. The minimum absolute atomic E-state index is 0.156. The zero-order chi connectivity index (χ0) is 17.2. The number of aromatic nitrogens is 1. The fourth-order valence-corrected chi connectivity index (χ4v) is 2.96. The highest BCUT2D eigenvalue weighted by Gasteiger charge is 2.18. The van der Waals surface area contributed by atoms with E-state index in [-0.39, 0.29) is 5.91 Å². The van der Waals surface area contributed by atoms with Gasteiger partial charge in [-0.1, -0.05) is 24.3 Å². The Labute approximate surface area is 144 Å². The number of rotatable bonds is 5. The highest BCUT2D eigenvalue weighted by Crippen LogP contribution is 2.23. The van der Waals surface area contributed by atoms with Crippen LogP contribution in [0.4, 0.5) is 0 Å². The Morgan fingerprint density at radius 3 is 2.76 bits per heavy atom. The Morgan fingerprint density at radius 2 is 1.96 bits per heavy atom. The van der Waals surface area contributed by atoms with E-state index < -0.39 is 0 Å². The first-order chi connectivity index (χ1) is 12.2. The molecule has 0 aliphatic carbocycles. The molecule has 4 aromatic rings. The van der Waals surface area contributed by atoms with Gasteiger partial charge in [-0.3, -0.25) is 4.79 Å². The Balaban J connectivity index is 1.65. The summed E-state index contributed by atoms with van der Waals surface area (Å²) >= 11 is 0. The van der Waals surface area contributed by atoms with Gasteiger partial charge < -0.3 is 18.7 Å². The van der Waals surface area contributed by atoms with Gasteiger partial charge in [0.05, 0.1) is 24.6 Å². The van der Waals surface area contributed by atoms with E-state index in [1.54, 1.807) is 24.7 Å². The van der Waals surface area contributed by atoms with Crippen molar-refractivity contribution in [2.45, 2.75) is 20.0 Å². The van der Waals surface area contributed by atoms with E-state index in [0.717, 1.165) is 5.52 Å². The summed E-state index contributed by atoms with van der Waals surface area (Å²) in [5.41, 5.74) is 4.54. The topological polar surface area (TPSA) is 60.3 Å².